The van der Waals surface area contributed by atoms with Gasteiger partial charge in [-0.1, -0.05) is 0 Å². The molecule has 6 nitrogen and oxygen atoms in total. The first-order valence-electron chi connectivity index (χ1n) is 5.23. The van der Waals surface area contributed by atoms with Crippen molar-refractivity contribution in [3.05, 3.63) is 35.5 Å². The SMILES string of the molecule is COC(=O)c1cc2cc(C#N)ccc2n1S(C)(=O)=O. The number of esters is 1. The Morgan fingerprint density at radius 1 is 1.37 bits per heavy atom. The molecule has 0 saturated carbocycles. The number of carbonyl (C=O) groups is 1. The molecule has 0 radical (unpaired) electrons. The number of nitrogens with zero attached hydrogens (tertiary/aromatic N) is 2. The summed E-state index contributed by atoms with van der Waals surface area (Å²) in [4.78, 5) is 11.6. The maximum absolute atomic E-state index is 11.8. The van der Waals surface area contributed by atoms with Gasteiger partial charge in [-0.25, -0.2) is 17.2 Å². The third-order valence-electron chi connectivity index (χ3n) is 2.61. The summed E-state index contributed by atoms with van der Waals surface area (Å²) in [5, 5.41) is 9.31. The summed E-state index contributed by atoms with van der Waals surface area (Å²) in [7, 11) is -2.48. The molecule has 98 valence electrons. The minimum atomic E-state index is -3.66. The van der Waals surface area contributed by atoms with Crippen molar-refractivity contribution in [3.63, 3.8) is 0 Å². The third kappa shape index (κ3) is 2.18. The van der Waals surface area contributed by atoms with Gasteiger partial charge in [-0.2, -0.15) is 5.26 Å². The predicted molar refractivity (Wildman–Crippen MR) is 68.2 cm³/mol. The smallest absolute Gasteiger partial charge is 0.355 e. The highest BCUT2D eigenvalue weighted by atomic mass is 32.2. The number of aromatic nitrogens is 1. The Hall–Kier alpha value is -2.33. The molecule has 7 heteroatoms. The first-order valence-corrected chi connectivity index (χ1v) is 7.08. The van der Waals surface area contributed by atoms with Crippen molar-refractivity contribution in [2.75, 3.05) is 13.4 Å². The first kappa shape index (κ1) is 13.1. The van der Waals surface area contributed by atoms with E-state index >= 15 is 0 Å². The van der Waals surface area contributed by atoms with E-state index in [-0.39, 0.29) is 5.69 Å². The number of methoxy groups -OCH3 is 1. The van der Waals surface area contributed by atoms with E-state index in [1.54, 1.807) is 0 Å². The third-order valence-corrected chi connectivity index (χ3v) is 3.67. The van der Waals surface area contributed by atoms with Gasteiger partial charge in [-0.05, 0) is 24.3 Å². The number of benzene rings is 1. The molecule has 0 N–H and O–H groups in total. The number of fused-ring (bicyclic) bond motifs is 1. The van der Waals surface area contributed by atoms with E-state index in [1.807, 2.05) is 6.07 Å². The van der Waals surface area contributed by atoms with Crippen LogP contribution in [0.5, 0.6) is 0 Å². The molecule has 2 aromatic rings. The fourth-order valence-corrected chi connectivity index (χ4v) is 2.87. The van der Waals surface area contributed by atoms with Gasteiger partial charge < -0.3 is 4.74 Å². The predicted octanol–water partition coefficient (Wildman–Crippen LogP) is 1.11. The molecular formula is C12H10N2O4S. The molecule has 2 rings (SSSR count). The van der Waals surface area contributed by atoms with Crippen molar-refractivity contribution in [3.8, 4) is 6.07 Å². The van der Waals surface area contributed by atoms with Gasteiger partial charge >= 0.3 is 5.97 Å². The van der Waals surface area contributed by atoms with Gasteiger partial charge in [0, 0.05) is 5.39 Å². The van der Waals surface area contributed by atoms with E-state index in [0.29, 0.717) is 16.5 Å². The van der Waals surface area contributed by atoms with Gasteiger partial charge in [0.05, 0.1) is 30.5 Å². The van der Waals surface area contributed by atoms with E-state index in [0.717, 1.165) is 10.2 Å². The Morgan fingerprint density at radius 3 is 2.58 bits per heavy atom. The van der Waals surface area contributed by atoms with E-state index < -0.39 is 16.0 Å². The number of rotatable bonds is 2. The monoisotopic (exact) mass is 278 g/mol. The van der Waals surface area contributed by atoms with E-state index in [9.17, 15) is 13.2 Å². The second-order valence-electron chi connectivity index (χ2n) is 3.93. The Morgan fingerprint density at radius 2 is 2.05 bits per heavy atom. The normalized spacial score (nSPS) is 11.2. The maximum Gasteiger partial charge on any atom is 0.355 e. The summed E-state index contributed by atoms with van der Waals surface area (Å²) in [5.74, 6) is -0.750. The molecule has 1 aromatic carbocycles. The van der Waals surface area contributed by atoms with Crippen LogP contribution < -0.4 is 0 Å². The highest BCUT2D eigenvalue weighted by Gasteiger charge is 2.22. The number of hydrogen-bond donors (Lipinski definition) is 0. The molecule has 0 amide bonds. The molecule has 0 saturated heterocycles. The lowest BCUT2D eigenvalue weighted by atomic mass is 10.2. The van der Waals surface area contributed by atoms with E-state index in [2.05, 4.69) is 4.74 Å². The Balaban J connectivity index is 2.89. The lowest BCUT2D eigenvalue weighted by Crippen LogP contribution is -2.17. The van der Waals surface area contributed by atoms with Crippen LogP contribution in [0.1, 0.15) is 16.1 Å². The van der Waals surface area contributed by atoms with Gasteiger partial charge in [0.1, 0.15) is 5.69 Å². The number of carbonyl (C=O) groups excluding carboxylic acids is 1. The second kappa shape index (κ2) is 4.40. The van der Waals surface area contributed by atoms with Gasteiger partial charge in [-0.15, -0.1) is 0 Å². The number of ether oxygens (including phenoxy) is 1. The first-order chi connectivity index (χ1) is 8.88. The van der Waals surface area contributed by atoms with Crippen LogP contribution in [0.2, 0.25) is 0 Å². The van der Waals surface area contributed by atoms with Crippen molar-refractivity contribution < 1.29 is 17.9 Å². The molecular weight excluding hydrogens is 268 g/mol. The Kier molecular flexibility index (Phi) is 3.04. The topological polar surface area (TPSA) is 89.2 Å². The standard InChI is InChI=1S/C12H10N2O4S/c1-18-12(15)11-6-9-5-8(7-13)3-4-10(9)14(11)19(2,16)17/h3-6H,1-2H3. The van der Waals surface area contributed by atoms with Crippen LogP contribution in [0.3, 0.4) is 0 Å². The van der Waals surface area contributed by atoms with Crippen LogP contribution in [-0.4, -0.2) is 31.7 Å². The van der Waals surface area contributed by atoms with Crippen LogP contribution in [-0.2, 0) is 14.8 Å². The zero-order valence-electron chi connectivity index (χ0n) is 10.2. The van der Waals surface area contributed by atoms with Gasteiger partial charge in [-0.3, -0.25) is 0 Å². The second-order valence-corrected chi connectivity index (χ2v) is 5.77. The van der Waals surface area contributed by atoms with E-state index in [4.69, 9.17) is 5.26 Å². The minimum absolute atomic E-state index is 0.0879. The summed E-state index contributed by atoms with van der Waals surface area (Å²) in [6.45, 7) is 0. The molecule has 0 spiro atoms. The van der Waals surface area contributed by atoms with Crippen LogP contribution in [0.25, 0.3) is 10.9 Å². The molecule has 0 atom stereocenters. The van der Waals surface area contributed by atoms with Crippen LogP contribution in [0.4, 0.5) is 0 Å². The maximum atomic E-state index is 11.8. The zero-order chi connectivity index (χ0) is 14.2. The van der Waals surface area contributed by atoms with E-state index in [1.165, 1.54) is 31.4 Å². The molecule has 0 fully saturated rings. The summed E-state index contributed by atoms with van der Waals surface area (Å²) in [6, 6.07) is 7.84. The van der Waals surface area contributed by atoms with Crippen molar-refractivity contribution >= 4 is 26.9 Å². The quantitative estimate of drug-likeness (QED) is 0.767. The highest BCUT2D eigenvalue weighted by molar-refractivity contribution is 7.89. The summed E-state index contributed by atoms with van der Waals surface area (Å²) in [6.07, 6.45) is 0.997. The highest BCUT2D eigenvalue weighted by Crippen LogP contribution is 2.23. The molecule has 1 aromatic heterocycles. The average Bonchev–Trinajstić information content (AvgIpc) is 2.75. The summed E-state index contributed by atoms with van der Waals surface area (Å²) >= 11 is 0. The van der Waals surface area contributed by atoms with Crippen molar-refractivity contribution in [2.24, 2.45) is 0 Å². The fourth-order valence-electron chi connectivity index (χ4n) is 1.86. The number of hydrogen-bond acceptors (Lipinski definition) is 5. The lowest BCUT2D eigenvalue weighted by Gasteiger charge is -2.06. The molecule has 0 aliphatic rings. The van der Waals surface area contributed by atoms with Crippen LogP contribution in [0.15, 0.2) is 24.3 Å². The lowest BCUT2D eigenvalue weighted by molar-refractivity contribution is 0.0593. The van der Waals surface area contributed by atoms with Gasteiger partial charge in [0.2, 0.25) is 10.0 Å². The summed E-state index contributed by atoms with van der Waals surface area (Å²) in [5.41, 5.74) is 0.631. The van der Waals surface area contributed by atoms with Crippen LogP contribution in [0, 0.1) is 11.3 Å². The molecule has 0 aliphatic carbocycles. The van der Waals surface area contributed by atoms with Gasteiger partial charge in [0.15, 0.2) is 0 Å². The van der Waals surface area contributed by atoms with Crippen molar-refractivity contribution in [1.29, 1.82) is 5.26 Å². The molecule has 19 heavy (non-hydrogen) atoms. The molecule has 0 unspecified atom stereocenters. The minimum Gasteiger partial charge on any atom is -0.464 e. The molecule has 1 heterocycles. The summed E-state index contributed by atoms with van der Waals surface area (Å²) < 4.78 is 29.1. The van der Waals surface area contributed by atoms with Gasteiger partial charge in [0.25, 0.3) is 0 Å². The van der Waals surface area contributed by atoms with Crippen molar-refractivity contribution in [2.45, 2.75) is 0 Å². The van der Waals surface area contributed by atoms with Crippen molar-refractivity contribution in [1.82, 2.24) is 3.97 Å². The molecule has 0 bridgehead atoms. The zero-order valence-corrected chi connectivity index (χ0v) is 11.1. The molecule has 0 aliphatic heterocycles. The largest absolute Gasteiger partial charge is 0.464 e. The Bertz CT molecular complexity index is 812. The van der Waals surface area contributed by atoms with Crippen LogP contribution >= 0.6 is 0 Å². The fraction of sp³-hybridized carbons (Fsp3) is 0.167. The average molecular weight is 278 g/mol. The number of nitriles is 1. The Labute approximate surface area is 109 Å².